The van der Waals surface area contributed by atoms with Crippen molar-refractivity contribution in [3.05, 3.63) is 241 Å². The number of nitrogens with zero attached hydrogens (tertiary/aromatic N) is 1. The second-order valence-electron chi connectivity index (χ2n) is 15.1. The van der Waals surface area contributed by atoms with Crippen LogP contribution in [0, 0.1) is 0 Å². The number of aromatic nitrogens is 1. The number of allylic oxidation sites excluding steroid dienone is 4. The molecule has 0 unspecified atom stereocenters. The molecule has 0 spiro atoms. The zero-order valence-corrected chi connectivity index (χ0v) is 34.9. The molecule has 0 bridgehead atoms. The van der Waals surface area contributed by atoms with Gasteiger partial charge >= 0.3 is 6.18 Å². The minimum atomic E-state index is -4.49. The molecule has 0 fully saturated rings. The quantitative estimate of drug-likeness (QED) is 0.136. The van der Waals surface area contributed by atoms with Crippen LogP contribution in [0.4, 0.5) is 13.2 Å². The summed E-state index contributed by atoms with van der Waals surface area (Å²) in [5.41, 5.74) is 1.48. The minimum Gasteiger partial charge on any atom is -0.309 e. The fourth-order valence-electron chi connectivity index (χ4n) is 9.10. The molecular weight excluding hydrogens is 796 g/mol. The highest BCUT2D eigenvalue weighted by Crippen LogP contribution is 2.76. The molecule has 0 N–H and O–H groups in total. The van der Waals surface area contributed by atoms with Gasteiger partial charge in [0, 0.05) is 50.7 Å². The first-order valence-corrected chi connectivity index (χ1v) is 23.7. The summed E-state index contributed by atoms with van der Waals surface area (Å²) in [5.74, 6) is 0. The first kappa shape index (κ1) is 38.7. The predicted molar refractivity (Wildman–Crippen MR) is 247 cm³/mol. The molecule has 1 aliphatic rings. The van der Waals surface area contributed by atoms with Gasteiger partial charge in [-0.15, -0.1) is 20.1 Å². The summed E-state index contributed by atoms with van der Waals surface area (Å²) in [6.45, 7) is 0. The maximum Gasteiger partial charge on any atom is 0.416 e. The van der Waals surface area contributed by atoms with E-state index in [2.05, 4.69) is 206 Å². The number of benzene rings is 8. The van der Waals surface area contributed by atoms with Crippen molar-refractivity contribution in [2.75, 3.05) is 0 Å². The Morgan fingerprint density at radius 2 is 0.836 bits per heavy atom. The number of fused-ring (bicyclic) bond motifs is 3. The summed E-state index contributed by atoms with van der Waals surface area (Å²) in [6.07, 6.45) is 4.11. The summed E-state index contributed by atoms with van der Waals surface area (Å²) in [5, 5.41) is 1.98. The van der Waals surface area contributed by atoms with E-state index in [-0.39, 0.29) is 0 Å². The molecule has 1 aromatic heterocycles. The molecule has 61 heavy (non-hydrogen) atoms. The first-order valence-electron chi connectivity index (χ1n) is 20.4. The lowest BCUT2D eigenvalue weighted by Crippen LogP contribution is -2.08. The Balaban J connectivity index is 1.34. The van der Waals surface area contributed by atoms with E-state index in [1.807, 2.05) is 4.57 Å². The first-order chi connectivity index (χ1) is 29.9. The molecule has 8 aromatic carbocycles. The third kappa shape index (κ3) is 6.53. The number of hydrogen-bond acceptors (Lipinski definition) is 0. The highest BCUT2D eigenvalue weighted by Gasteiger charge is 2.37. The van der Waals surface area contributed by atoms with Crippen LogP contribution in [-0.2, 0) is 6.18 Å². The molecule has 1 heterocycles. The summed E-state index contributed by atoms with van der Waals surface area (Å²) in [6, 6.07) is 73.0. The van der Waals surface area contributed by atoms with Gasteiger partial charge < -0.3 is 4.57 Å². The number of hydrogen-bond donors (Lipinski definition) is 0. The van der Waals surface area contributed by atoms with E-state index >= 15 is 0 Å². The topological polar surface area (TPSA) is 4.93 Å². The Bertz CT molecular complexity index is 2910. The van der Waals surface area contributed by atoms with E-state index in [4.69, 9.17) is 0 Å². The van der Waals surface area contributed by atoms with Crippen molar-refractivity contribution in [1.29, 1.82) is 0 Å². The summed E-state index contributed by atoms with van der Waals surface area (Å²) < 4.78 is 45.1. The number of alkyl halides is 3. The van der Waals surface area contributed by atoms with Crippen molar-refractivity contribution in [2.24, 2.45) is 0 Å². The Labute approximate surface area is 357 Å². The van der Waals surface area contributed by atoms with E-state index < -0.39 is 31.8 Å². The van der Waals surface area contributed by atoms with Crippen LogP contribution in [0.2, 0.25) is 0 Å². The lowest BCUT2D eigenvalue weighted by atomic mass is 10.1. The summed E-state index contributed by atoms with van der Waals surface area (Å²) in [4.78, 5) is 9.76. The molecule has 0 radical (unpaired) electrons. The molecule has 9 aromatic rings. The molecule has 300 valence electrons. The second-order valence-corrected chi connectivity index (χ2v) is 21.4. The van der Waals surface area contributed by atoms with Crippen molar-refractivity contribution in [2.45, 2.75) is 53.3 Å². The van der Waals surface area contributed by atoms with Gasteiger partial charge in [0.2, 0.25) is 0 Å². The smallest absolute Gasteiger partial charge is 0.309 e. The molecule has 0 atom stereocenters. The van der Waals surface area contributed by atoms with E-state index in [9.17, 15) is 13.2 Å². The van der Waals surface area contributed by atoms with Crippen LogP contribution < -0.4 is 0 Å². The summed E-state index contributed by atoms with van der Waals surface area (Å²) >= 11 is 0. The van der Waals surface area contributed by atoms with Crippen LogP contribution in [0.3, 0.4) is 0 Å². The van der Waals surface area contributed by atoms with Crippen molar-refractivity contribution >= 4 is 41.9 Å². The van der Waals surface area contributed by atoms with Crippen LogP contribution in [0.25, 0.3) is 27.5 Å². The largest absolute Gasteiger partial charge is 0.416 e. The van der Waals surface area contributed by atoms with Gasteiger partial charge in [0.05, 0.1) is 16.6 Å². The molecule has 0 saturated heterocycles. The van der Waals surface area contributed by atoms with E-state index in [1.165, 1.54) is 46.4 Å². The van der Waals surface area contributed by atoms with Crippen molar-refractivity contribution in [1.82, 2.24) is 4.57 Å². The molecule has 1 nitrogen and oxygen atoms in total. The average Bonchev–Trinajstić information content (AvgIpc) is 3.65. The van der Waals surface area contributed by atoms with Crippen LogP contribution in [0.15, 0.2) is 270 Å². The fourth-order valence-corrected chi connectivity index (χ4v) is 17.1. The Kier molecular flexibility index (Phi) is 10.1. The SMILES string of the molecule is FC(F)(F)c1cccc(-n2c3ccc(S(C4=CC=CCC4)(c4ccccc4)c4ccccc4)cc3c3cc(S(c4ccccc4)(c4ccccc4)c4ccccc4)ccc32)c1. The Hall–Kier alpha value is -6.47. The third-order valence-electron chi connectivity index (χ3n) is 11.7. The zero-order valence-electron chi connectivity index (χ0n) is 33.3. The zero-order chi connectivity index (χ0) is 41.4. The second kappa shape index (κ2) is 15.9. The lowest BCUT2D eigenvalue weighted by molar-refractivity contribution is -0.137. The van der Waals surface area contributed by atoms with Crippen LogP contribution in [0.5, 0.6) is 0 Å². The number of halogens is 3. The van der Waals surface area contributed by atoms with Gasteiger partial charge in [-0.1, -0.05) is 115 Å². The fraction of sp³-hybridized carbons (Fsp3) is 0.0545. The normalized spacial score (nSPS) is 13.9. The molecule has 10 rings (SSSR count). The average molecular weight is 838 g/mol. The highest BCUT2D eigenvalue weighted by atomic mass is 32.3. The molecule has 6 heteroatoms. The maximum absolute atomic E-state index is 14.4. The van der Waals surface area contributed by atoms with Crippen LogP contribution in [0.1, 0.15) is 18.4 Å². The van der Waals surface area contributed by atoms with Gasteiger partial charge in [-0.05, 0) is 133 Å². The number of rotatable bonds is 9. The van der Waals surface area contributed by atoms with Crippen LogP contribution >= 0.6 is 20.1 Å². The predicted octanol–water partition coefficient (Wildman–Crippen LogP) is 16.7. The third-order valence-corrected chi connectivity index (χ3v) is 19.6. The van der Waals surface area contributed by atoms with Gasteiger partial charge in [-0.2, -0.15) is 13.2 Å². The molecule has 0 aliphatic heterocycles. The Morgan fingerprint density at radius 3 is 1.25 bits per heavy atom. The van der Waals surface area contributed by atoms with Gasteiger partial charge in [0.25, 0.3) is 0 Å². The van der Waals surface area contributed by atoms with E-state index in [0.717, 1.165) is 45.6 Å². The molecule has 1 aliphatic carbocycles. The Morgan fingerprint density at radius 1 is 0.410 bits per heavy atom. The minimum absolute atomic E-state index is 0.466. The lowest BCUT2D eigenvalue weighted by Gasteiger charge is -2.44. The van der Waals surface area contributed by atoms with E-state index in [0.29, 0.717) is 5.69 Å². The van der Waals surface area contributed by atoms with Crippen molar-refractivity contribution in [3.63, 3.8) is 0 Å². The van der Waals surface area contributed by atoms with Gasteiger partial charge in [-0.25, -0.2) is 0 Å². The van der Waals surface area contributed by atoms with Crippen molar-refractivity contribution < 1.29 is 13.2 Å². The van der Waals surface area contributed by atoms with Crippen molar-refractivity contribution in [3.8, 4) is 5.69 Å². The maximum atomic E-state index is 14.4. The monoisotopic (exact) mass is 837 g/mol. The standard InChI is InChI=1S/C55H42F3NS2/c56-55(57,58)41-20-19-21-42(38-41)59-53-36-34-49(60(43-22-7-1-8-23-43,44-24-9-2-10-25-44)45-26-11-3-12-27-45)39-51(53)52-40-50(35-37-54(52)59)61(46-28-13-4-14-29-46,47-30-15-5-16-31-47)48-32-17-6-18-33-48/h1-17,19-32,34-40H,18,33H2. The van der Waals surface area contributed by atoms with E-state index in [1.54, 1.807) is 6.07 Å². The van der Waals surface area contributed by atoms with Gasteiger partial charge in [0.15, 0.2) is 0 Å². The van der Waals surface area contributed by atoms with Crippen LogP contribution in [-0.4, -0.2) is 4.57 Å². The molecular formula is C55H42F3NS2. The molecule has 0 saturated carbocycles. The summed E-state index contributed by atoms with van der Waals surface area (Å²) in [7, 11) is -4.05. The van der Waals surface area contributed by atoms with Gasteiger partial charge in [0.1, 0.15) is 0 Å². The molecule has 0 amide bonds. The highest BCUT2D eigenvalue weighted by molar-refractivity contribution is 8.37. The van der Waals surface area contributed by atoms with Gasteiger partial charge in [-0.3, -0.25) is 0 Å².